The average molecular weight is 413 g/mol. The first-order valence-corrected chi connectivity index (χ1v) is 9.92. The monoisotopic (exact) mass is 413 g/mol. The van der Waals surface area contributed by atoms with Crippen molar-refractivity contribution in [2.45, 2.75) is 0 Å². The topological polar surface area (TPSA) is 96.0 Å². The highest BCUT2D eigenvalue weighted by atomic mass is 32.1. The van der Waals surface area contributed by atoms with E-state index in [0.29, 0.717) is 22.7 Å². The van der Waals surface area contributed by atoms with Crippen molar-refractivity contribution >= 4 is 33.4 Å². The van der Waals surface area contributed by atoms with Gasteiger partial charge in [-0.3, -0.25) is 5.10 Å². The van der Waals surface area contributed by atoms with Crippen molar-refractivity contribution in [3.8, 4) is 33.1 Å². The molecule has 6 rings (SSSR count). The molecule has 0 bridgehead atoms. The molecule has 0 aliphatic heterocycles. The van der Waals surface area contributed by atoms with E-state index in [0.717, 1.165) is 43.8 Å². The maximum absolute atomic E-state index is 13.5. The second kappa shape index (κ2) is 6.53. The molecule has 0 amide bonds. The van der Waals surface area contributed by atoms with Gasteiger partial charge in [-0.15, -0.1) is 11.3 Å². The first-order chi connectivity index (χ1) is 14.8. The molecular formula is C21H12FN7S. The number of benzene rings is 1. The van der Waals surface area contributed by atoms with E-state index in [1.165, 1.54) is 12.4 Å². The first-order valence-electron chi connectivity index (χ1n) is 9.10. The molecule has 0 radical (unpaired) electrons. The second-order valence-corrected chi connectivity index (χ2v) is 7.74. The minimum Gasteiger partial charge on any atom is -0.321 e. The molecule has 7 nitrogen and oxygen atoms in total. The average Bonchev–Trinajstić information content (AvgIpc) is 3.51. The molecule has 0 saturated heterocycles. The van der Waals surface area contributed by atoms with Crippen molar-refractivity contribution in [1.82, 2.24) is 35.1 Å². The fourth-order valence-electron chi connectivity index (χ4n) is 3.50. The van der Waals surface area contributed by atoms with Gasteiger partial charge in [0.2, 0.25) is 0 Å². The van der Waals surface area contributed by atoms with Gasteiger partial charge in [-0.25, -0.2) is 19.9 Å². The summed E-state index contributed by atoms with van der Waals surface area (Å²) < 4.78 is 13.5. The molecule has 0 fully saturated rings. The quantitative estimate of drug-likeness (QED) is 0.433. The van der Waals surface area contributed by atoms with Gasteiger partial charge in [-0.05, 0) is 35.9 Å². The Hall–Kier alpha value is -3.98. The van der Waals surface area contributed by atoms with Crippen LogP contribution >= 0.6 is 11.3 Å². The fourth-order valence-corrected chi connectivity index (χ4v) is 4.26. The van der Waals surface area contributed by atoms with Crippen LogP contribution in [0.2, 0.25) is 0 Å². The van der Waals surface area contributed by atoms with E-state index in [4.69, 9.17) is 4.98 Å². The lowest BCUT2D eigenvalue weighted by Gasteiger charge is -2.00. The largest absolute Gasteiger partial charge is 0.321 e. The Morgan fingerprint density at radius 3 is 2.70 bits per heavy atom. The minimum absolute atomic E-state index is 0.235. The normalized spacial score (nSPS) is 11.5. The zero-order valence-corrected chi connectivity index (χ0v) is 16.1. The number of fused-ring (bicyclic) bond motifs is 2. The van der Waals surface area contributed by atoms with Crippen LogP contribution in [0.3, 0.4) is 0 Å². The fraction of sp³-hybridized carbons (Fsp3) is 0. The molecule has 0 spiro atoms. The molecule has 2 N–H and O–H groups in total. The van der Waals surface area contributed by atoms with Gasteiger partial charge < -0.3 is 4.98 Å². The maximum Gasteiger partial charge on any atom is 0.176 e. The molecule has 144 valence electrons. The predicted octanol–water partition coefficient (Wildman–Crippen LogP) is 4.83. The van der Waals surface area contributed by atoms with Crippen LogP contribution in [0.25, 0.3) is 55.2 Å². The molecule has 0 saturated carbocycles. The number of thiophene rings is 1. The van der Waals surface area contributed by atoms with Crippen LogP contribution in [0.1, 0.15) is 0 Å². The summed E-state index contributed by atoms with van der Waals surface area (Å²) in [5.41, 5.74) is 5.61. The summed E-state index contributed by atoms with van der Waals surface area (Å²) in [4.78, 5) is 21.4. The Morgan fingerprint density at radius 1 is 0.967 bits per heavy atom. The summed E-state index contributed by atoms with van der Waals surface area (Å²) in [5.74, 6) is 0.592. The van der Waals surface area contributed by atoms with Crippen molar-refractivity contribution in [3.05, 3.63) is 66.4 Å². The number of nitrogens with one attached hydrogen (secondary N) is 2. The van der Waals surface area contributed by atoms with Gasteiger partial charge in [0, 0.05) is 40.0 Å². The van der Waals surface area contributed by atoms with E-state index in [9.17, 15) is 4.39 Å². The van der Waals surface area contributed by atoms with Crippen molar-refractivity contribution in [2.24, 2.45) is 0 Å². The zero-order valence-electron chi connectivity index (χ0n) is 15.3. The minimum atomic E-state index is -0.235. The summed E-state index contributed by atoms with van der Waals surface area (Å²) >= 11 is 1.08. The highest BCUT2D eigenvalue weighted by Crippen LogP contribution is 2.34. The number of pyridine rings is 1. The van der Waals surface area contributed by atoms with Crippen LogP contribution in [-0.2, 0) is 0 Å². The van der Waals surface area contributed by atoms with Gasteiger partial charge in [0.15, 0.2) is 16.6 Å². The van der Waals surface area contributed by atoms with E-state index in [1.807, 2.05) is 24.3 Å². The second-order valence-electron chi connectivity index (χ2n) is 6.70. The Labute approximate surface area is 172 Å². The molecule has 0 unspecified atom stereocenters. The van der Waals surface area contributed by atoms with E-state index >= 15 is 0 Å². The van der Waals surface area contributed by atoms with E-state index in [2.05, 4.69) is 30.1 Å². The summed E-state index contributed by atoms with van der Waals surface area (Å²) in [7, 11) is 0. The van der Waals surface area contributed by atoms with Crippen LogP contribution in [0.4, 0.5) is 4.39 Å². The number of halogens is 1. The zero-order chi connectivity index (χ0) is 20.1. The summed E-state index contributed by atoms with van der Waals surface area (Å²) in [5, 5.41) is 8.20. The van der Waals surface area contributed by atoms with Crippen LogP contribution in [0, 0.1) is 5.13 Å². The molecule has 30 heavy (non-hydrogen) atoms. The van der Waals surface area contributed by atoms with Crippen LogP contribution in [-0.4, -0.2) is 35.1 Å². The number of hydrogen-bond donors (Lipinski definition) is 2. The van der Waals surface area contributed by atoms with Crippen LogP contribution in [0.15, 0.2) is 61.3 Å². The molecule has 1 aromatic carbocycles. The van der Waals surface area contributed by atoms with Crippen molar-refractivity contribution in [1.29, 1.82) is 0 Å². The van der Waals surface area contributed by atoms with Gasteiger partial charge >= 0.3 is 0 Å². The summed E-state index contributed by atoms with van der Waals surface area (Å²) in [6, 6.07) is 11.0. The summed E-state index contributed by atoms with van der Waals surface area (Å²) in [6.45, 7) is 0. The lowest BCUT2D eigenvalue weighted by molar-refractivity contribution is 0.657. The van der Waals surface area contributed by atoms with Crippen molar-refractivity contribution < 1.29 is 4.39 Å². The molecular weight excluding hydrogens is 401 g/mol. The number of aromatic amines is 2. The molecule has 0 aliphatic rings. The van der Waals surface area contributed by atoms with Crippen molar-refractivity contribution in [3.63, 3.8) is 0 Å². The third kappa shape index (κ3) is 2.67. The number of imidazole rings is 1. The van der Waals surface area contributed by atoms with Gasteiger partial charge in [-0.1, -0.05) is 6.07 Å². The van der Waals surface area contributed by atoms with Gasteiger partial charge in [0.05, 0.1) is 5.52 Å². The molecule has 0 aliphatic carbocycles. The number of H-pyrrole nitrogens is 2. The third-order valence-electron chi connectivity index (χ3n) is 4.90. The molecule has 5 heterocycles. The Bertz CT molecular complexity index is 1520. The number of rotatable bonds is 3. The smallest absolute Gasteiger partial charge is 0.176 e. The van der Waals surface area contributed by atoms with E-state index < -0.39 is 0 Å². The highest BCUT2D eigenvalue weighted by molar-refractivity contribution is 7.14. The molecule has 9 heteroatoms. The molecule has 6 aromatic rings. The van der Waals surface area contributed by atoms with Gasteiger partial charge in [0.25, 0.3) is 0 Å². The number of nitrogens with zero attached hydrogens (tertiary/aromatic N) is 5. The van der Waals surface area contributed by atoms with Crippen LogP contribution < -0.4 is 0 Å². The van der Waals surface area contributed by atoms with Gasteiger partial charge in [-0.2, -0.15) is 9.49 Å². The van der Waals surface area contributed by atoms with Crippen LogP contribution in [0.5, 0.6) is 0 Å². The Balaban J connectivity index is 1.52. The SMILES string of the molecule is Fc1ccc(-c2ccnc3[nH]c(-c4n[nH]c5ccc(-c6cncnc6)cc45)nc23)s1. The third-order valence-corrected chi connectivity index (χ3v) is 5.81. The lowest BCUT2D eigenvalue weighted by Crippen LogP contribution is -1.84. The standard InChI is InChI=1S/C21H12FN7S/c22-17-4-3-16(30-17)13-5-6-25-20-18(13)26-21(27-20)19-14-7-11(1-2-15(14)28-29-19)12-8-23-10-24-9-12/h1-10H,(H,28,29)(H,25,26,27). The molecule has 0 atom stereocenters. The van der Waals surface area contributed by atoms with Gasteiger partial charge in [0.1, 0.15) is 17.5 Å². The Morgan fingerprint density at radius 2 is 1.87 bits per heavy atom. The first kappa shape index (κ1) is 16.9. The van der Waals surface area contributed by atoms with Crippen molar-refractivity contribution in [2.75, 3.05) is 0 Å². The maximum atomic E-state index is 13.5. The molecule has 5 aromatic heterocycles. The predicted molar refractivity (Wildman–Crippen MR) is 113 cm³/mol. The number of hydrogen-bond acceptors (Lipinski definition) is 6. The van der Waals surface area contributed by atoms with E-state index in [-0.39, 0.29) is 5.13 Å². The Kier molecular flexibility index (Phi) is 3.68. The number of aromatic nitrogens is 7. The highest BCUT2D eigenvalue weighted by Gasteiger charge is 2.17. The van der Waals surface area contributed by atoms with E-state index in [1.54, 1.807) is 24.7 Å². The lowest BCUT2D eigenvalue weighted by atomic mass is 10.1. The summed E-state index contributed by atoms with van der Waals surface area (Å²) in [6.07, 6.45) is 6.73.